The van der Waals surface area contributed by atoms with Crippen LogP contribution in [0.1, 0.15) is 0 Å². The minimum Gasteiger partial charge on any atom is -0.0990 e. The number of rotatable bonds is 1. The predicted molar refractivity (Wildman–Crippen MR) is 39.0 cm³/mol. The lowest BCUT2D eigenvalue weighted by Gasteiger charge is -1.84. The van der Waals surface area contributed by atoms with Gasteiger partial charge in [0.2, 0.25) is 0 Å². The Balaban J connectivity index is 2.31. The van der Waals surface area contributed by atoms with E-state index in [1.165, 1.54) is 11.1 Å². The summed E-state index contributed by atoms with van der Waals surface area (Å²) in [5.74, 6) is 0.691. The van der Waals surface area contributed by atoms with Crippen molar-refractivity contribution in [1.29, 1.82) is 0 Å². The quantitative estimate of drug-likeness (QED) is 0.492. The molecule has 0 aromatic rings. The van der Waals surface area contributed by atoms with E-state index in [0.717, 1.165) is 0 Å². The number of fused-ring (bicyclic) bond motifs is 1. The number of hydrogen-bond acceptors (Lipinski definition) is 0. The van der Waals surface area contributed by atoms with Crippen LogP contribution in [0.15, 0.2) is 48.1 Å². The lowest BCUT2D eigenvalue weighted by atomic mass is 10.2. The summed E-state index contributed by atoms with van der Waals surface area (Å²) in [5, 5.41) is 0. The van der Waals surface area contributed by atoms with Gasteiger partial charge in [-0.05, 0) is 11.1 Å². The van der Waals surface area contributed by atoms with Crippen molar-refractivity contribution in [1.82, 2.24) is 0 Å². The fraction of sp³-hybridized carbons (Fsp3) is 0.111. The molecule has 0 saturated carbocycles. The third-order valence-corrected chi connectivity index (χ3v) is 1.72. The normalized spacial score (nSPS) is 32.2. The van der Waals surface area contributed by atoms with Crippen molar-refractivity contribution in [3.8, 4) is 0 Å². The van der Waals surface area contributed by atoms with Gasteiger partial charge in [0.15, 0.2) is 0 Å². The Hall–Kier alpha value is -1.04. The second kappa shape index (κ2) is 1.47. The second-order valence-electron chi connectivity index (χ2n) is 2.36. The van der Waals surface area contributed by atoms with Gasteiger partial charge in [-0.25, -0.2) is 0 Å². The molecule has 0 aliphatic heterocycles. The Labute approximate surface area is 54.9 Å². The molecule has 1 unspecified atom stereocenters. The highest BCUT2D eigenvalue weighted by atomic mass is 14.3. The first-order chi connectivity index (χ1) is 4.42. The molecule has 2 rings (SSSR count). The molecule has 0 heteroatoms. The summed E-state index contributed by atoms with van der Waals surface area (Å²) in [6.45, 7) is 3.64. The Morgan fingerprint density at radius 2 is 2.44 bits per heavy atom. The van der Waals surface area contributed by atoms with Crippen molar-refractivity contribution < 1.29 is 0 Å². The molecule has 0 nitrogen and oxygen atoms in total. The van der Waals surface area contributed by atoms with E-state index >= 15 is 0 Å². The standard InChI is InChI=1S/C9H8/c1-2-3-7-4-5-8-6-9(7)8/h2-6,8H,1H2/b7-3+. The molecule has 1 atom stereocenters. The van der Waals surface area contributed by atoms with Gasteiger partial charge in [-0.15, -0.1) is 0 Å². The zero-order valence-corrected chi connectivity index (χ0v) is 5.17. The molecule has 44 valence electrons. The van der Waals surface area contributed by atoms with Crippen LogP contribution >= 0.6 is 0 Å². The van der Waals surface area contributed by atoms with Crippen LogP contribution in [0.25, 0.3) is 0 Å². The van der Waals surface area contributed by atoms with Gasteiger partial charge < -0.3 is 0 Å². The molecule has 0 amide bonds. The van der Waals surface area contributed by atoms with Gasteiger partial charge in [0, 0.05) is 5.92 Å². The maximum atomic E-state index is 3.64. The molecular formula is C9H8. The summed E-state index contributed by atoms with van der Waals surface area (Å²) in [5.41, 5.74) is 2.82. The molecule has 0 heterocycles. The first-order valence-electron chi connectivity index (χ1n) is 3.15. The molecular weight excluding hydrogens is 108 g/mol. The van der Waals surface area contributed by atoms with Crippen molar-refractivity contribution in [2.45, 2.75) is 0 Å². The van der Waals surface area contributed by atoms with Crippen LogP contribution in [0.2, 0.25) is 0 Å². The van der Waals surface area contributed by atoms with E-state index in [0.29, 0.717) is 5.92 Å². The van der Waals surface area contributed by atoms with E-state index in [1.807, 2.05) is 6.08 Å². The summed E-state index contributed by atoms with van der Waals surface area (Å²) < 4.78 is 0. The second-order valence-corrected chi connectivity index (χ2v) is 2.36. The fourth-order valence-corrected chi connectivity index (χ4v) is 1.18. The van der Waals surface area contributed by atoms with Crippen LogP contribution in [0.3, 0.4) is 0 Å². The maximum absolute atomic E-state index is 3.64. The van der Waals surface area contributed by atoms with Gasteiger partial charge in [-0.1, -0.05) is 37.0 Å². The van der Waals surface area contributed by atoms with Crippen molar-refractivity contribution in [3.63, 3.8) is 0 Å². The van der Waals surface area contributed by atoms with E-state index in [4.69, 9.17) is 0 Å². The first-order valence-corrected chi connectivity index (χ1v) is 3.15. The highest BCUT2D eigenvalue weighted by Crippen LogP contribution is 2.42. The molecule has 0 radical (unpaired) electrons. The summed E-state index contributed by atoms with van der Waals surface area (Å²) in [6, 6.07) is 0. The van der Waals surface area contributed by atoms with Crippen LogP contribution in [0.5, 0.6) is 0 Å². The van der Waals surface area contributed by atoms with E-state index in [9.17, 15) is 0 Å². The molecule has 0 spiro atoms. The summed E-state index contributed by atoms with van der Waals surface area (Å²) >= 11 is 0. The Kier molecular flexibility index (Phi) is 0.786. The average Bonchev–Trinajstić information content (AvgIpc) is 2.54. The maximum Gasteiger partial charge on any atom is 0.0211 e. The minimum atomic E-state index is 0.691. The van der Waals surface area contributed by atoms with E-state index < -0.39 is 0 Å². The van der Waals surface area contributed by atoms with Crippen LogP contribution in [-0.2, 0) is 0 Å². The zero-order chi connectivity index (χ0) is 6.27. The van der Waals surface area contributed by atoms with Gasteiger partial charge in [0.05, 0.1) is 0 Å². The third-order valence-electron chi connectivity index (χ3n) is 1.72. The first kappa shape index (κ1) is 4.80. The molecule has 0 N–H and O–H groups in total. The van der Waals surface area contributed by atoms with Crippen molar-refractivity contribution in [3.05, 3.63) is 48.1 Å². The molecule has 0 saturated heterocycles. The summed E-state index contributed by atoms with van der Waals surface area (Å²) in [7, 11) is 0. The van der Waals surface area contributed by atoms with Crippen LogP contribution in [0.4, 0.5) is 0 Å². The van der Waals surface area contributed by atoms with Crippen molar-refractivity contribution >= 4 is 0 Å². The van der Waals surface area contributed by atoms with E-state index in [2.05, 4.69) is 30.9 Å². The Morgan fingerprint density at radius 3 is 2.89 bits per heavy atom. The van der Waals surface area contributed by atoms with Gasteiger partial charge in [0.1, 0.15) is 0 Å². The van der Waals surface area contributed by atoms with E-state index in [-0.39, 0.29) is 0 Å². The highest BCUT2D eigenvalue weighted by molar-refractivity contribution is 5.61. The summed E-state index contributed by atoms with van der Waals surface area (Å²) in [4.78, 5) is 0. The molecule has 0 aromatic carbocycles. The molecule has 0 fully saturated rings. The van der Waals surface area contributed by atoms with Crippen LogP contribution in [-0.4, -0.2) is 0 Å². The molecule has 9 heavy (non-hydrogen) atoms. The highest BCUT2D eigenvalue weighted by Gasteiger charge is 2.28. The average molecular weight is 116 g/mol. The van der Waals surface area contributed by atoms with E-state index in [1.54, 1.807) is 0 Å². The lowest BCUT2D eigenvalue weighted by Crippen LogP contribution is -1.66. The third kappa shape index (κ3) is 0.595. The molecule has 2 aliphatic rings. The molecule has 0 bridgehead atoms. The van der Waals surface area contributed by atoms with Crippen LogP contribution in [0, 0.1) is 5.92 Å². The topological polar surface area (TPSA) is 0 Å². The Morgan fingerprint density at radius 1 is 1.56 bits per heavy atom. The fourth-order valence-electron chi connectivity index (χ4n) is 1.18. The number of allylic oxidation sites excluding steroid dienone is 7. The Bertz CT molecular complexity index is 239. The largest absolute Gasteiger partial charge is 0.0990 e. The predicted octanol–water partition coefficient (Wildman–Crippen LogP) is 2.22. The molecule has 0 aromatic heterocycles. The van der Waals surface area contributed by atoms with Gasteiger partial charge in [-0.2, -0.15) is 0 Å². The monoisotopic (exact) mass is 116 g/mol. The SMILES string of the molecule is C=C/C=C1\C=CC2C=C12. The summed E-state index contributed by atoms with van der Waals surface area (Å²) in [6.07, 6.45) is 10.5. The van der Waals surface area contributed by atoms with Gasteiger partial charge in [0.25, 0.3) is 0 Å². The smallest absolute Gasteiger partial charge is 0.0211 e. The number of hydrogen-bond donors (Lipinski definition) is 0. The zero-order valence-electron chi connectivity index (χ0n) is 5.17. The van der Waals surface area contributed by atoms with Crippen molar-refractivity contribution in [2.75, 3.05) is 0 Å². The minimum absolute atomic E-state index is 0.691. The van der Waals surface area contributed by atoms with Crippen molar-refractivity contribution in [2.24, 2.45) is 5.92 Å². The van der Waals surface area contributed by atoms with Gasteiger partial charge in [-0.3, -0.25) is 0 Å². The lowest BCUT2D eigenvalue weighted by molar-refractivity contribution is 1.24. The van der Waals surface area contributed by atoms with Crippen LogP contribution < -0.4 is 0 Å². The van der Waals surface area contributed by atoms with Gasteiger partial charge >= 0.3 is 0 Å². The molecule has 2 aliphatic carbocycles.